The third kappa shape index (κ3) is 3.02. The summed E-state index contributed by atoms with van der Waals surface area (Å²) in [6.45, 7) is 0. The van der Waals surface area contributed by atoms with E-state index in [1.165, 1.54) is 6.07 Å². The quantitative estimate of drug-likeness (QED) is 0.768. The van der Waals surface area contributed by atoms with E-state index in [-0.39, 0.29) is 11.7 Å². The number of likely N-dealkylation sites (N-methyl/N-ethyl adjacent to an activating group) is 2. The molecule has 0 bridgehead atoms. The lowest BCUT2D eigenvalue weighted by Crippen LogP contribution is -2.42. The molecule has 0 radical (unpaired) electrons. The van der Waals surface area contributed by atoms with E-state index < -0.39 is 6.04 Å². The number of nitrogens with one attached hydrogen (secondary N) is 2. The lowest BCUT2D eigenvalue weighted by atomic mass is 10.1. The smallest absolute Gasteiger partial charge is 0.237 e. The van der Waals surface area contributed by atoms with Crippen molar-refractivity contribution in [3.63, 3.8) is 0 Å². The van der Waals surface area contributed by atoms with E-state index in [1.807, 2.05) is 0 Å². The largest absolute Gasteiger partial charge is 0.358 e. The number of carbonyl (C=O) groups is 1. The number of benzene rings is 1. The number of halogens is 1. The molecular weight excluding hydrogens is 195 g/mol. The molecule has 1 atom stereocenters. The number of rotatable bonds is 4. The molecule has 0 saturated carbocycles. The van der Waals surface area contributed by atoms with E-state index in [0.29, 0.717) is 12.0 Å². The van der Waals surface area contributed by atoms with Gasteiger partial charge < -0.3 is 10.6 Å². The highest BCUT2D eigenvalue weighted by molar-refractivity contribution is 5.81. The van der Waals surface area contributed by atoms with Crippen molar-refractivity contribution in [1.29, 1.82) is 0 Å². The van der Waals surface area contributed by atoms with Gasteiger partial charge in [0.1, 0.15) is 5.82 Å². The van der Waals surface area contributed by atoms with E-state index >= 15 is 0 Å². The molecular formula is C11H15FN2O. The molecule has 0 saturated heterocycles. The van der Waals surface area contributed by atoms with Crippen LogP contribution in [0.4, 0.5) is 4.39 Å². The predicted octanol–water partition coefficient (Wildman–Crippen LogP) is 0.702. The fourth-order valence-corrected chi connectivity index (χ4v) is 1.38. The van der Waals surface area contributed by atoms with Crippen LogP contribution in [0, 0.1) is 5.82 Å². The minimum absolute atomic E-state index is 0.138. The van der Waals surface area contributed by atoms with Crippen LogP contribution in [0.1, 0.15) is 5.56 Å². The molecule has 0 aromatic heterocycles. The fraction of sp³-hybridized carbons (Fsp3) is 0.364. The van der Waals surface area contributed by atoms with E-state index in [2.05, 4.69) is 10.6 Å². The first kappa shape index (κ1) is 11.7. The molecule has 0 aliphatic rings. The third-order valence-electron chi connectivity index (χ3n) is 2.29. The predicted molar refractivity (Wildman–Crippen MR) is 57.0 cm³/mol. The Labute approximate surface area is 88.7 Å². The van der Waals surface area contributed by atoms with Gasteiger partial charge in [0.05, 0.1) is 6.04 Å². The molecule has 1 aromatic rings. The first-order chi connectivity index (χ1) is 7.19. The zero-order valence-corrected chi connectivity index (χ0v) is 8.88. The van der Waals surface area contributed by atoms with Gasteiger partial charge in [-0.25, -0.2) is 4.39 Å². The Hall–Kier alpha value is -1.42. The molecule has 0 heterocycles. The second-order valence-corrected chi connectivity index (χ2v) is 3.25. The molecule has 0 fully saturated rings. The van der Waals surface area contributed by atoms with Crippen molar-refractivity contribution in [2.45, 2.75) is 12.5 Å². The van der Waals surface area contributed by atoms with Crippen molar-refractivity contribution in [2.75, 3.05) is 14.1 Å². The van der Waals surface area contributed by atoms with Gasteiger partial charge in [0.2, 0.25) is 5.91 Å². The highest BCUT2D eigenvalue weighted by Gasteiger charge is 2.16. The van der Waals surface area contributed by atoms with Crippen molar-refractivity contribution in [1.82, 2.24) is 10.6 Å². The van der Waals surface area contributed by atoms with Crippen molar-refractivity contribution in [2.24, 2.45) is 0 Å². The zero-order valence-electron chi connectivity index (χ0n) is 8.88. The van der Waals surface area contributed by atoms with Gasteiger partial charge in [-0.05, 0) is 25.1 Å². The number of hydrogen-bond donors (Lipinski definition) is 2. The number of hydrogen-bond acceptors (Lipinski definition) is 2. The highest BCUT2D eigenvalue weighted by Crippen LogP contribution is 2.08. The summed E-state index contributed by atoms with van der Waals surface area (Å²) in [5.41, 5.74) is 0.542. The maximum atomic E-state index is 13.3. The van der Waals surface area contributed by atoms with Crippen LogP contribution in [0.15, 0.2) is 24.3 Å². The Morgan fingerprint density at radius 3 is 2.60 bits per heavy atom. The van der Waals surface area contributed by atoms with Gasteiger partial charge in [-0.15, -0.1) is 0 Å². The lowest BCUT2D eigenvalue weighted by Gasteiger charge is -2.14. The Morgan fingerprint density at radius 2 is 2.07 bits per heavy atom. The Kier molecular flexibility index (Phi) is 4.24. The van der Waals surface area contributed by atoms with Crippen LogP contribution in [0.2, 0.25) is 0 Å². The van der Waals surface area contributed by atoms with Crippen LogP contribution >= 0.6 is 0 Å². The van der Waals surface area contributed by atoms with Crippen LogP contribution in [-0.2, 0) is 11.2 Å². The van der Waals surface area contributed by atoms with Crippen LogP contribution in [-0.4, -0.2) is 26.0 Å². The average molecular weight is 210 g/mol. The molecule has 1 amide bonds. The standard InChI is InChI=1S/C11H15FN2O/c1-13-10(11(15)14-2)7-8-5-3-4-6-9(8)12/h3-6,10,13H,7H2,1-2H3,(H,14,15). The summed E-state index contributed by atoms with van der Waals surface area (Å²) in [5, 5.41) is 5.38. The summed E-state index contributed by atoms with van der Waals surface area (Å²) in [4.78, 5) is 11.4. The van der Waals surface area contributed by atoms with E-state index in [0.717, 1.165) is 0 Å². The number of carbonyl (C=O) groups excluding carboxylic acids is 1. The summed E-state index contributed by atoms with van der Waals surface area (Å²) >= 11 is 0. The monoisotopic (exact) mass is 210 g/mol. The molecule has 0 spiro atoms. The fourth-order valence-electron chi connectivity index (χ4n) is 1.38. The van der Waals surface area contributed by atoms with Crippen LogP contribution in [0.5, 0.6) is 0 Å². The first-order valence-corrected chi connectivity index (χ1v) is 4.81. The maximum absolute atomic E-state index is 13.3. The molecule has 15 heavy (non-hydrogen) atoms. The van der Waals surface area contributed by atoms with E-state index in [9.17, 15) is 9.18 Å². The molecule has 1 rings (SSSR count). The second kappa shape index (κ2) is 5.46. The topological polar surface area (TPSA) is 41.1 Å². The van der Waals surface area contributed by atoms with Crippen LogP contribution < -0.4 is 10.6 Å². The van der Waals surface area contributed by atoms with Crippen LogP contribution in [0.3, 0.4) is 0 Å². The molecule has 1 aromatic carbocycles. The Balaban J connectivity index is 2.75. The second-order valence-electron chi connectivity index (χ2n) is 3.25. The minimum Gasteiger partial charge on any atom is -0.358 e. The Morgan fingerprint density at radius 1 is 1.40 bits per heavy atom. The third-order valence-corrected chi connectivity index (χ3v) is 2.29. The SMILES string of the molecule is CNC(=O)C(Cc1ccccc1F)NC. The van der Waals surface area contributed by atoms with Gasteiger partial charge in [-0.3, -0.25) is 4.79 Å². The highest BCUT2D eigenvalue weighted by atomic mass is 19.1. The van der Waals surface area contributed by atoms with Gasteiger partial charge in [-0.2, -0.15) is 0 Å². The molecule has 3 nitrogen and oxygen atoms in total. The van der Waals surface area contributed by atoms with Crippen molar-refractivity contribution >= 4 is 5.91 Å². The molecule has 0 aliphatic carbocycles. The van der Waals surface area contributed by atoms with Gasteiger partial charge >= 0.3 is 0 Å². The van der Waals surface area contributed by atoms with Gasteiger partial charge in [-0.1, -0.05) is 18.2 Å². The van der Waals surface area contributed by atoms with Gasteiger partial charge in [0.15, 0.2) is 0 Å². The lowest BCUT2D eigenvalue weighted by molar-refractivity contribution is -0.122. The van der Waals surface area contributed by atoms with Crippen molar-refractivity contribution < 1.29 is 9.18 Å². The van der Waals surface area contributed by atoms with Crippen LogP contribution in [0.25, 0.3) is 0 Å². The van der Waals surface area contributed by atoms with Crippen molar-refractivity contribution in [3.8, 4) is 0 Å². The van der Waals surface area contributed by atoms with E-state index in [1.54, 1.807) is 32.3 Å². The summed E-state index contributed by atoms with van der Waals surface area (Å²) in [5.74, 6) is -0.414. The molecule has 0 aliphatic heterocycles. The van der Waals surface area contributed by atoms with Gasteiger partial charge in [0.25, 0.3) is 0 Å². The maximum Gasteiger partial charge on any atom is 0.237 e. The summed E-state index contributed by atoms with van der Waals surface area (Å²) in [6.07, 6.45) is 0.350. The molecule has 82 valence electrons. The normalized spacial score (nSPS) is 12.2. The molecule has 4 heteroatoms. The minimum atomic E-state index is -0.396. The molecule has 2 N–H and O–H groups in total. The average Bonchev–Trinajstić information content (AvgIpc) is 2.27. The first-order valence-electron chi connectivity index (χ1n) is 4.81. The summed E-state index contributed by atoms with van der Waals surface area (Å²) in [6, 6.07) is 6.07. The van der Waals surface area contributed by atoms with Crippen molar-refractivity contribution in [3.05, 3.63) is 35.6 Å². The molecule has 1 unspecified atom stereocenters. The zero-order chi connectivity index (χ0) is 11.3. The summed E-state index contributed by atoms with van der Waals surface area (Å²) in [7, 11) is 3.24. The van der Waals surface area contributed by atoms with Gasteiger partial charge in [0, 0.05) is 7.05 Å². The Bertz CT molecular complexity index is 341. The number of amides is 1. The van der Waals surface area contributed by atoms with E-state index in [4.69, 9.17) is 0 Å². The summed E-state index contributed by atoms with van der Waals surface area (Å²) < 4.78 is 13.3.